The average molecular weight is 303 g/mol. The number of hydrogen-bond acceptors (Lipinski definition) is 3. The Bertz CT molecular complexity index is 668. The fraction of sp³-hybridized carbons (Fsp3) is 0.286. The van der Waals surface area contributed by atoms with Gasteiger partial charge in [0.15, 0.2) is 0 Å². The molecule has 1 aromatic rings. The molecule has 0 aliphatic carbocycles. The summed E-state index contributed by atoms with van der Waals surface area (Å²) in [5.74, 6) is -2.46. The largest absolute Gasteiger partial charge is 0.481 e. The molecule has 2 rings (SSSR count). The van der Waals surface area contributed by atoms with E-state index in [-0.39, 0.29) is 24.9 Å². The molecule has 0 saturated carbocycles. The van der Waals surface area contributed by atoms with Gasteiger partial charge in [0, 0.05) is 13.0 Å². The number of nitrogens with two attached hydrogens (primary N) is 2. The minimum absolute atomic E-state index is 0.0128. The molecule has 0 spiro atoms. The highest BCUT2D eigenvalue weighted by molar-refractivity contribution is 6.04. The lowest BCUT2D eigenvalue weighted by Crippen LogP contribution is -2.40. The van der Waals surface area contributed by atoms with E-state index in [1.165, 1.54) is 0 Å². The zero-order chi connectivity index (χ0) is 16.3. The Kier molecular flexibility index (Phi) is 4.40. The van der Waals surface area contributed by atoms with Crippen molar-refractivity contribution in [3.63, 3.8) is 0 Å². The Labute approximate surface area is 127 Å². The normalized spacial score (nSPS) is 19.6. The molecular weight excluding hydrogens is 286 g/mol. The molecule has 1 saturated heterocycles. The van der Waals surface area contributed by atoms with E-state index in [2.05, 4.69) is 9.98 Å². The van der Waals surface area contributed by atoms with Gasteiger partial charge in [-0.1, -0.05) is 18.2 Å². The van der Waals surface area contributed by atoms with Gasteiger partial charge >= 0.3 is 5.97 Å². The van der Waals surface area contributed by atoms with Gasteiger partial charge in [0.1, 0.15) is 0 Å². The van der Waals surface area contributed by atoms with Crippen LogP contribution < -0.4 is 11.5 Å². The molecule has 0 aromatic heterocycles. The van der Waals surface area contributed by atoms with Crippen molar-refractivity contribution in [2.45, 2.75) is 13.3 Å². The average Bonchev–Trinajstić information content (AvgIpc) is 2.83. The smallest absolute Gasteiger partial charge is 0.308 e. The molecule has 116 valence electrons. The van der Waals surface area contributed by atoms with Crippen LogP contribution in [0.5, 0.6) is 0 Å². The maximum absolute atomic E-state index is 11.7. The van der Waals surface area contributed by atoms with Crippen LogP contribution in [0.3, 0.4) is 0 Å². The van der Waals surface area contributed by atoms with Crippen molar-refractivity contribution in [2.24, 2.45) is 27.4 Å². The number of carbonyl (C=O) groups excluding carboxylic acids is 1. The number of aliphatic imine (C=N–C) groups is 2. The molecule has 8 nitrogen and oxygen atoms in total. The number of aryl methyl sites for hydroxylation is 1. The van der Waals surface area contributed by atoms with E-state index in [0.29, 0.717) is 5.69 Å². The van der Waals surface area contributed by atoms with Crippen molar-refractivity contribution in [1.82, 2.24) is 4.90 Å². The molecular formula is C14H17N5O3. The number of hydrogen-bond donors (Lipinski definition) is 3. The predicted octanol–water partition coefficient (Wildman–Crippen LogP) is 0.189. The number of benzene rings is 1. The lowest BCUT2D eigenvalue weighted by atomic mass is 10.1. The Hall–Kier alpha value is -2.90. The summed E-state index contributed by atoms with van der Waals surface area (Å²) in [7, 11) is 0. The third kappa shape index (κ3) is 3.40. The molecule has 1 unspecified atom stereocenters. The van der Waals surface area contributed by atoms with Crippen molar-refractivity contribution in [2.75, 3.05) is 6.54 Å². The van der Waals surface area contributed by atoms with Crippen molar-refractivity contribution in [3.05, 3.63) is 29.8 Å². The summed E-state index contributed by atoms with van der Waals surface area (Å²) in [4.78, 5) is 31.8. The molecule has 1 aliphatic rings. The van der Waals surface area contributed by atoms with E-state index in [1.54, 1.807) is 6.07 Å². The second kappa shape index (κ2) is 6.25. The summed E-state index contributed by atoms with van der Waals surface area (Å²) >= 11 is 0. The number of aliphatic carboxylic acids is 1. The van der Waals surface area contributed by atoms with E-state index in [4.69, 9.17) is 16.6 Å². The summed E-state index contributed by atoms with van der Waals surface area (Å²) in [6, 6.07) is 7.33. The number of para-hydroxylation sites is 1. The molecule has 1 heterocycles. The second-order valence-electron chi connectivity index (χ2n) is 4.97. The fourth-order valence-electron chi connectivity index (χ4n) is 2.11. The number of nitrogens with zero attached hydrogens (tertiary/aromatic N) is 3. The Morgan fingerprint density at radius 3 is 2.64 bits per heavy atom. The first-order valence-corrected chi connectivity index (χ1v) is 6.65. The SMILES string of the molecule is Cc1ccccc1N=C(N)/N=C(\N)N1CC(C(=O)O)CC1=O. The number of carboxylic acid groups (broad SMARTS) is 1. The van der Waals surface area contributed by atoms with E-state index >= 15 is 0 Å². The highest BCUT2D eigenvalue weighted by Gasteiger charge is 2.36. The van der Waals surface area contributed by atoms with E-state index in [9.17, 15) is 9.59 Å². The van der Waals surface area contributed by atoms with Gasteiger partial charge < -0.3 is 16.6 Å². The van der Waals surface area contributed by atoms with Crippen molar-refractivity contribution < 1.29 is 14.7 Å². The van der Waals surface area contributed by atoms with Crippen LogP contribution >= 0.6 is 0 Å². The second-order valence-corrected chi connectivity index (χ2v) is 4.97. The molecule has 1 fully saturated rings. The molecule has 0 radical (unpaired) electrons. The van der Waals surface area contributed by atoms with E-state index < -0.39 is 17.8 Å². The van der Waals surface area contributed by atoms with Gasteiger partial charge in [-0.2, -0.15) is 4.99 Å². The van der Waals surface area contributed by atoms with E-state index in [0.717, 1.165) is 10.5 Å². The Morgan fingerprint density at radius 1 is 1.36 bits per heavy atom. The van der Waals surface area contributed by atoms with Crippen LogP contribution in [-0.2, 0) is 9.59 Å². The number of carbonyl (C=O) groups is 2. The maximum Gasteiger partial charge on any atom is 0.308 e. The number of carboxylic acids is 1. The van der Waals surface area contributed by atoms with Crippen LogP contribution in [-0.4, -0.2) is 40.3 Å². The van der Waals surface area contributed by atoms with Crippen LogP contribution in [0.15, 0.2) is 34.3 Å². The summed E-state index contributed by atoms with van der Waals surface area (Å²) < 4.78 is 0. The summed E-state index contributed by atoms with van der Waals surface area (Å²) in [5, 5.41) is 8.93. The Morgan fingerprint density at radius 2 is 2.05 bits per heavy atom. The first-order chi connectivity index (χ1) is 10.4. The van der Waals surface area contributed by atoms with Crippen LogP contribution in [0.2, 0.25) is 0 Å². The number of amides is 1. The van der Waals surface area contributed by atoms with Crippen LogP contribution in [0, 0.1) is 12.8 Å². The third-order valence-corrected chi connectivity index (χ3v) is 3.33. The molecule has 0 bridgehead atoms. The number of guanidine groups is 2. The van der Waals surface area contributed by atoms with Gasteiger partial charge in [0.25, 0.3) is 0 Å². The molecule has 1 aliphatic heterocycles. The first kappa shape index (κ1) is 15.5. The predicted molar refractivity (Wildman–Crippen MR) is 81.5 cm³/mol. The molecule has 1 atom stereocenters. The number of rotatable bonds is 2. The van der Waals surface area contributed by atoms with Crippen molar-refractivity contribution >= 4 is 29.5 Å². The van der Waals surface area contributed by atoms with Gasteiger partial charge in [-0.05, 0) is 18.6 Å². The highest BCUT2D eigenvalue weighted by Crippen LogP contribution is 2.18. The molecule has 5 N–H and O–H groups in total. The topological polar surface area (TPSA) is 134 Å². The first-order valence-electron chi connectivity index (χ1n) is 6.65. The molecule has 1 amide bonds. The van der Waals surface area contributed by atoms with Gasteiger partial charge in [0.2, 0.25) is 17.8 Å². The van der Waals surface area contributed by atoms with Crippen LogP contribution in [0.1, 0.15) is 12.0 Å². The fourth-order valence-corrected chi connectivity index (χ4v) is 2.11. The maximum atomic E-state index is 11.7. The lowest BCUT2D eigenvalue weighted by molar-refractivity contribution is -0.141. The van der Waals surface area contributed by atoms with Gasteiger partial charge in [-0.3, -0.25) is 14.5 Å². The van der Waals surface area contributed by atoms with E-state index in [1.807, 2.05) is 25.1 Å². The highest BCUT2D eigenvalue weighted by atomic mass is 16.4. The summed E-state index contributed by atoms with van der Waals surface area (Å²) in [6.07, 6.45) is -0.0968. The molecule has 8 heteroatoms. The van der Waals surface area contributed by atoms with Gasteiger partial charge in [0.05, 0.1) is 11.6 Å². The zero-order valence-electron chi connectivity index (χ0n) is 12.1. The minimum Gasteiger partial charge on any atom is -0.481 e. The van der Waals surface area contributed by atoms with Crippen LogP contribution in [0.25, 0.3) is 0 Å². The minimum atomic E-state index is -1.04. The van der Waals surface area contributed by atoms with Gasteiger partial charge in [-0.25, -0.2) is 4.99 Å². The summed E-state index contributed by atoms with van der Waals surface area (Å²) in [6.45, 7) is 1.86. The third-order valence-electron chi connectivity index (χ3n) is 3.33. The Balaban J connectivity index is 2.17. The quantitative estimate of drug-likeness (QED) is 0.529. The van der Waals surface area contributed by atoms with Crippen molar-refractivity contribution in [3.8, 4) is 0 Å². The molecule has 1 aromatic carbocycles. The monoisotopic (exact) mass is 303 g/mol. The lowest BCUT2D eigenvalue weighted by Gasteiger charge is -2.14. The summed E-state index contributed by atoms with van der Waals surface area (Å²) in [5.41, 5.74) is 13.0. The zero-order valence-corrected chi connectivity index (χ0v) is 12.1. The number of likely N-dealkylation sites (tertiary alicyclic amines) is 1. The van der Waals surface area contributed by atoms with Crippen LogP contribution in [0.4, 0.5) is 5.69 Å². The van der Waals surface area contributed by atoms with Crippen molar-refractivity contribution in [1.29, 1.82) is 0 Å². The standard InChI is InChI=1S/C14H17N5O3/c1-8-4-2-3-5-10(8)17-13(15)18-14(16)19-7-9(12(21)22)6-11(19)20/h2-5,9H,6-7H2,1H3,(H,21,22)(H4,15,16,17,18). The van der Waals surface area contributed by atoms with Gasteiger partial charge in [-0.15, -0.1) is 0 Å². The molecule has 22 heavy (non-hydrogen) atoms.